The molecule has 0 saturated carbocycles. The first kappa shape index (κ1) is 19.5. The van der Waals surface area contributed by atoms with Gasteiger partial charge >= 0.3 is 0 Å². The van der Waals surface area contributed by atoms with Crippen molar-refractivity contribution in [1.82, 2.24) is 0 Å². The number of aromatic hydroxyl groups is 2. The van der Waals surface area contributed by atoms with Crippen LogP contribution in [0.15, 0.2) is 23.8 Å². The number of ether oxygens (including phenoxy) is 2. The van der Waals surface area contributed by atoms with Crippen molar-refractivity contribution < 1.29 is 40.1 Å². The summed E-state index contributed by atoms with van der Waals surface area (Å²) in [5.74, 6) is -1.10. The Balaban J connectivity index is 2.24. The fourth-order valence-electron chi connectivity index (χ4n) is 2.47. The third kappa shape index (κ3) is 4.42. The van der Waals surface area contributed by atoms with E-state index in [-0.39, 0.29) is 5.75 Å². The number of aliphatic hydroxyl groups is 4. The SMILES string of the molecule is CC(C)=CCc1cc(O)c(O)c(O[C@@H]2O[C@H](CO)[C@@H](O)[C@H](O)[C@H]2O)c1. The minimum absolute atomic E-state index is 0.151. The van der Waals surface area contributed by atoms with Gasteiger partial charge in [0.2, 0.25) is 12.0 Å². The van der Waals surface area contributed by atoms with Crippen molar-refractivity contribution in [2.45, 2.75) is 51.0 Å². The maximum Gasteiger partial charge on any atom is 0.229 e. The Morgan fingerprint density at radius 2 is 1.80 bits per heavy atom. The molecule has 6 N–H and O–H groups in total. The largest absolute Gasteiger partial charge is 0.504 e. The summed E-state index contributed by atoms with van der Waals surface area (Å²) in [5, 5.41) is 58.5. The molecule has 1 aliphatic heterocycles. The Hall–Kier alpha value is -1.84. The van der Waals surface area contributed by atoms with Crippen LogP contribution < -0.4 is 4.74 Å². The zero-order chi connectivity index (χ0) is 18.7. The van der Waals surface area contributed by atoms with Gasteiger partial charge in [0.15, 0.2) is 11.5 Å². The molecule has 0 radical (unpaired) electrons. The summed E-state index contributed by atoms with van der Waals surface area (Å²) in [5.41, 5.74) is 1.72. The average Bonchev–Trinajstić information content (AvgIpc) is 2.57. The molecule has 0 aliphatic carbocycles. The van der Waals surface area contributed by atoms with Crippen LogP contribution in [0, 0.1) is 0 Å². The Morgan fingerprint density at radius 3 is 2.40 bits per heavy atom. The van der Waals surface area contributed by atoms with Crippen LogP contribution in [0.2, 0.25) is 0 Å². The lowest BCUT2D eigenvalue weighted by Gasteiger charge is -2.39. The molecule has 8 nitrogen and oxygen atoms in total. The van der Waals surface area contributed by atoms with Crippen LogP contribution in [0.1, 0.15) is 19.4 Å². The third-order valence-corrected chi connectivity index (χ3v) is 3.95. The number of hydrogen-bond donors (Lipinski definition) is 6. The van der Waals surface area contributed by atoms with Crippen LogP contribution in [0.3, 0.4) is 0 Å². The van der Waals surface area contributed by atoms with Crippen molar-refractivity contribution in [3.8, 4) is 17.2 Å². The molecule has 25 heavy (non-hydrogen) atoms. The lowest BCUT2D eigenvalue weighted by Crippen LogP contribution is -2.60. The number of benzene rings is 1. The fraction of sp³-hybridized carbons (Fsp3) is 0.529. The van der Waals surface area contributed by atoms with E-state index in [9.17, 15) is 30.6 Å². The van der Waals surface area contributed by atoms with Crippen molar-refractivity contribution in [2.75, 3.05) is 6.61 Å². The summed E-state index contributed by atoms with van der Waals surface area (Å²) in [4.78, 5) is 0. The topological polar surface area (TPSA) is 140 Å². The van der Waals surface area contributed by atoms with Gasteiger partial charge in [-0.2, -0.15) is 0 Å². The van der Waals surface area contributed by atoms with Gasteiger partial charge in [-0.25, -0.2) is 0 Å². The van der Waals surface area contributed by atoms with Crippen molar-refractivity contribution in [2.24, 2.45) is 0 Å². The summed E-state index contributed by atoms with van der Waals surface area (Å²) in [6.07, 6.45) is -4.88. The van der Waals surface area contributed by atoms with Gasteiger partial charge in [-0.3, -0.25) is 0 Å². The number of phenols is 2. The van der Waals surface area contributed by atoms with Gasteiger partial charge in [0.25, 0.3) is 0 Å². The normalized spacial score (nSPS) is 29.3. The first-order chi connectivity index (χ1) is 11.7. The van der Waals surface area contributed by atoms with E-state index in [2.05, 4.69) is 0 Å². The zero-order valence-electron chi connectivity index (χ0n) is 14.0. The van der Waals surface area contributed by atoms with Gasteiger partial charge in [0, 0.05) is 0 Å². The number of hydrogen-bond acceptors (Lipinski definition) is 8. The molecular weight excluding hydrogens is 332 g/mol. The van der Waals surface area contributed by atoms with E-state index < -0.39 is 48.8 Å². The second kappa shape index (κ2) is 8.03. The molecule has 1 fully saturated rings. The first-order valence-electron chi connectivity index (χ1n) is 7.90. The number of aliphatic hydroxyl groups excluding tert-OH is 4. The van der Waals surface area contributed by atoms with Gasteiger partial charge in [-0.15, -0.1) is 0 Å². The highest BCUT2D eigenvalue weighted by Crippen LogP contribution is 2.38. The van der Waals surface area contributed by atoms with E-state index in [1.807, 2.05) is 19.9 Å². The van der Waals surface area contributed by atoms with Crippen LogP contribution in [0.5, 0.6) is 17.2 Å². The number of phenolic OH excluding ortho intramolecular Hbond substituents is 2. The van der Waals surface area contributed by atoms with Crippen molar-refractivity contribution in [3.05, 3.63) is 29.3 Å². The highest BCUT2D eigenvalue weighted by molar-refractivity contribution is 5.52. The van der Waals surface area contributed by atoms with Crippen molar-refractivity contribution in [1.29, 1.82) is 0 Å². The summed E-state index contributed by atoms with van der Waals surface area (Å²) in [7, 11) is 0. The van der Waals surface area contributed by atoms with Gasteiger partial charge in [0.05, 0.1) is 6.61 Å². The maximum absolute atomic E-state index is 9.99. The van der Waals surface area contributed by atoms with Crippen molar-refractivity contribution >= 4 is 0 Å². The minimum atomic E-state index is -1.61. The quantitative estimate of drug-likeness (QED) is 0.314. The molecule has 8 heteroatoms. The van der Waals surface area contributed by atoms with E-state index in [1.54, 1.807) is 0 Å². The lowest BCUT2D eigenvalue weighted by molar-refractivity contribution is -0.277. The van der Waals surface area contributed by atoms with E-state index in [1.165, 1.54) is 12.1 Å². The predicted molar refractivity (Wildman–Crippen MR) is 87.3 cm³/mol. The van der Waals surface area contributed by atoms with Gasteiger partial charge < -0.3 is 40.1 Å². The van der Waals surface area contributed by atoms with Gasteiger partial charge in [0.1, 0.15) is 24.4 Å². The maximum atomic E-state index is 9.99. The zero-order valence-corrected chi connectivity index (χ0v) is 14.0. The van der Waals surface area contributed by atoms with Crippen LogP contribution in [0.25, 0.3) is 0 Å². The molecule has 0 aromatic heterocycles. The molecule has 0 bridgehead atoms. The summed E-state index contributed by atoms with van der Waals surface area (Å²) < 4.78 is 10.6. The molecule has 0 amide bonds. The van der Waals surface area contributed by atoms with E-state index in [0.29, 0.717) is 12.0 Å². The fourth-order valence-corrected chi connectivity index (χ4v) is 2.47. The minimum Gasteiger partial charge on any atom is -0.504 e. The Labute approximate surface area is 145 Å². The molecule has 0 unspecified atom stereocenters. The molecule has 1 aliphatic rings. The third-order valence-electron chi connectivity index (χ3n) is 3.95. The van der Waals surface area contributed by atoms with E-state index in [4.69, 9.17) is 9.47 Å². The molecular formula is C17H24O8. The molecule has 140 valence electrons. The highest BCUT2D eigenvalue weighted by Gasteiger charge is 2.45. The monoisotopic (exact) mass is 356 g/mol. The molecule has 1 aromatic carbocycles. The predicted octanol–water partition coefficient (Wildman–Crippen LogP) is -0.215. The van der Waals surface area contributed by atoms with Gasteiger partial charge in [-0.05, 0) is 38.0 Å². The summed E-state index contributed by atoms with van der Waals surface area (Å²) in [6.45, 7) is 3.25. The highest BCUT2D eigenvalue weighted by atomic mass is 16.7. The first-order valence-corrected chi connectivity index (χ1v) is 7.90. The van der Waals surface area contributed by atoms with Crippen molar-refractivity contribution in [3.63, 3.8) is 0 Å². The molecule has 1 heterocycles. The number of allylic oxidation sites excluding steroid dienone is 2. The standard InChI is InChI=1S/C17H24O8/c1-8(2)3-4-9-5-10(19)13(20)11(6-9)24-17-16(23)15(22)14(21)12(7-18)25-17/h3,5-6,12,14-23H,4,7H2,1-2H3/t12-,14-,15+,16-,17-/m1/s1. The number of rotatable bonds is 5. The lowest BCUT2D eigenvalue weighted by atomic mass is 9.99. The molecule has 0 spiro atoms. The van der Waals surface area contributed by atoms with Crippen LogP contribution in [-0.4, -0.2) is 68.0 Å². The summed E-state index contributed by atoms with van der Waals surface area (Å²) in [6, 6.07) is 2.85. The average molecular weight is 356 g/mol. The molecule has 2 rings (SSSR count). The summed E-state index contributed by atoms with van der Waals surface area (Å²) >= 11 is 0. The van der Waals surface area contributed by atoms with Crippen LogP contribution in [0.4, 0.5) is 0 Å². The molecule has 1 saturated heterocycles. The van der Waals surface area contributed by atoms with Crippen LogP contribution in [-0.2, 0) is 11.2 Å². The Bertz CT molecular complexity index is 623. The molecule has 5 atom stereocenters. The second-order valence-electron chi connectivity index (χ2n) is 6.26. The Morgan fingerprint density at radius 1 is 1.12 bits per heavy atom. The van der Waals surface area contributed by atoms with E-state index >= 15 is 0 Å². The Kier molecular flexibility index (Phi) is 6.26. The molecule has 1 aromatic rings. The van der Waals surface area contributed by atoms with E-state index in [0.717, 1.165) is 5.57 Å². The van der Waals surface area contributed by atoms with Gasteiger partial charge in [-0.1, -0.05) is 11.6 Å². The second-order valence-corrected chi connectivity index (χ2v) is 6.26. The van der Waals surface area contributed by atoms with Crippen LogP contribution >= 0.6 is 0 Å². The smallest absolute Gasteiger partial charge is 0.229 e.